The second kappa shape index (κ2) is 7.22. The van der Waals surface area contributed by atoms with Gasteiger partial charge < -0.3 is 20.4 Å². The number of likely N-dealkylation sites (N-methyl/N-ethyl adjacent to an activating group) is 1. The first-order chi connectivity index (χ1) is 9.19. The molecule has 0 saturated carbocycles. The lowest BCUT2D eigenvalue weighted by Gasteiger charge is -2.32. The van der Waals surface area contributed by atoms with E-state index in [1.165, 1.54) is 39.1 Å². The van der Waals surface area contributed by atoms with Crippen LogP contribution in [0.5, 0.6) is 0 Å². The third-order valence-electron chi connectivity index (χ3n) is 4.38. The summed E-state index contributed by atoms with van der Waals surface area (Å²) in [5.74, 6) is 0.695. The Morgan fingerprint density at radius 1 is 1.16 bits per heavy atom. The molecule has 2 aliphatic rings. The summed E-state index contributed by atoms with van der Waals surface area (Å²) in [6, 6.07) is 0. The van der Waals surface area contributed by atoms with Gasteiger partial charge in [-0.1, -0.05) is 0 Å². The van der Waals surface area contributed by atoms with E-state index in [1.807, 2.05) is 4.90 Å². The second-order valence-corrected chi connectivity index (χ2v) is 6.00. The Labute approximate surface area is 116 Å². The quantitative estimate of drug-likeness (QED) is 0.679. The van der Waals surface area contributed by atoms with Gasteiger partial charge in [0.25, 0.3) is 0 Å². The molecule has 2 heterocycles. The summed E-state index contributed by atoms with van der Waals surface area (Å²) in [5, 5.41) is 0. The molecule has 1 amide bonds. The number of hydrogen-bond acceptors (Lipinski definition) is 4. The molecule has 2 fully saturated rings. The molecule has 2 rings (SSSR count). The van der Waals surface area contributed by atoms with Crippen molar-refractivity contribution >= 4 is 5.91 Å². The Morgan fingerprint density at radius 3 is 2.47 bits per heavy atom. The van der Waals surface area contributed by atoms with Crippen LogP contribution in [0.15, 0.2) is 0 Å². The highest BCUT2D eigenvalue weighted by atomic mass is 16.2. The number of rotatable bonds is 6. The Morgan fingerprint density at radius 2 is 1.84 bits per heavy atom. The highest BCUT2D eigenvalue weighted by Gasteiger charge is 2.27. The van der Waals surface area contributed by atoms with Gasteiger partial charge in [-0.05, 0) is 38.9 Å². The van der Waals surface area contributed by atoms with Crippen LogP contribution in [-0.2, 0) is 4.79 Å². The van der Waals surface area contributed by atoms with Gasteiger partial charge in [0.05, 0.1) is 0 Å². The highest BCUT2D eigenvalue weighted by molar-refractivity contribution is 5.78. The number of hydrogen-bond donors (Lipinski definition) is 1. The van der Waals surface area contributed by atoms with Crippen LogP contribution in [0.4, 0.5) is 0 Å². The molecule has 2 aliphatic heterocycles. The smallest absolute Gasteiger partial charge is 0.222 e. The average molecular weight is 268 g/mol. The topological polar surface area (TPSA) is 52.8 Å². The van der Waals surface area contributed by atoms with Crippen LogP contribution in [0.25, 0.3) is 0 Å². The Bertz CT molecular complexity index is 289. The molecule has 2 N–H and O–H groups in total. The molecule has 0 spiro atoms. The SMILES string of the molecule is CN1CCN(CCCCN2CC(CN)CC2=O)CC1. The zero-order valence-corrected chi connectivity index (χ0v) is 12.2. The van der Waals surface area contributed by atoms with E-state index < -0.39 is 0 Å². The van der Waals surface area contributed by atoms with Crippen LogP contribution in [0, 0.1) is 5.92 Å². The van der Waals surface area contributed by atoms with Crippen molar-refractivity contribution in [2.45, 2.75) is 19.3 Å². The summed E-state index contributed by atoms with van der Waals surface area (Å²) in [4.78, 5) is 18.6. The molecule has 5 heteroatoms. The van der Waals surface area contributed by atoms with Crippen molar-refractivity contribution in [2.75, 3.05) is 59.4 Å². The summed E-state index contributed by atoms with van der Waals surface area (Å²) in [5.41, 5.74) is 5.63. The van der Waals surface area contributed by atoms with E-state index in [9.17, 15) is 4.79 Å². The minimum Gasteiger partial charge on any atom is -0.342 e. The first-order valence-corrected chi connectivity index (χ1v) is 7.58. The number of amides is 1. The first kappa shape index (κ1) is 14.8. The standard InChI is InChI=1S/C14H28N4O/c1-16-6-8-17(9-7-16)4-2-3-5-18-12-13(11-15)10-14(18)19/h13H,2-12,15H2,1H3. The molecule has 0 aromatic heterocycles. The number of nitrogens with zero attached hydrogens (tertiary/aromatic N) is 3. The van der Waals surface area contributed by atoms with Gasteiger partial charge in [-0.15, -0.1) is 0 Å². The first-order valence-electron chi connectivity index (χ1n) is 7.58. The highest BCUT2D eigenvalue weighted by Crippen LogP contribution is 2.17. The van der Waals surface area contributed by atoms with Crippen molar-refractivity contribution in [3.63, 3.8) is 0 Å². The normalized spacial score (nSPS) is 26.3. The molecule has 1 atom stereocenters. The maximum Gasteiger partial charge on any atom is 0.222 e. The predicted molar refractivity (Wildman–Crippen MR) is 76.9 cm³/mol. The summed E-state index contributed by atoms with van der Waals surface area (Å²) < 4.78 is 0. The van der Waals surface area contributed by atoms with E-state index in [0.717, 1.165) is 19.5 Å². The number of nitrogens with two attached hydrogens (primary N) is 1. The lowest BCUT2D eigenvalue weighted by atomic mass is 10.1. The van der Waals surface area contributed by atoms with Gasteiger partial charge in [0.1, 0.15) is 0 Å². The fraction of sp³-hybridized carbons (Fsp3) is 0.929. The summed E-state index contributed by atoms with van der Waals surface area (Å²) in [6.45, 7) is 8.36. The fourth-order valence-electron chi connectivity index (χ4n) is 2.94. The van der Waals surface area contributed by atoms with Gasteiger partial charge in [-0.25, -0.2) is 0 Å². The third kappa shape index (κ3) is 4.44. The number of likely N-dealkylation sites (tertiary alicyclic amines) is 1. The molecule has 0 bridgehead atoms. The lowest BCUT2D eigenvalue weighted by Crippen LogP contribution is -2.44. The van der Waals surface area contributed by atoms with Crippen molar-refractivity contribution in [3.8, 4) is 0 Å². The van der Waals surface area contributed by atoms with Gasteiger partial charge in [0.2, 0.25) is 5.91 Å². The molecule has 0 radical (unpaired) electrons. The van der Waals surface area contributed by atoms with Gasteiger partial charge >= 0.3 is 0 Å². The van der Waals surface area contributed by atoms with E-state index in [2.05, 4.69) is 16.8 Å². The molecule has 0 aromatic rings. The number of carbonyl (C=O) groups excluding carboxylic acids is 1. The summed E-state index contributed by atoms with van der Waals surface area (Å²) in [6.07, 6.45) is 2.98. The average Bonchev–Trinajstić information content (AvgIpc) is 2.77. The maximum atomic E-state index is 11.7. The van der Waals surface area contributed by atoms with E-state index in [1.54, 1.807) is 0 Å². The third-order valence-corrected chi connectivity index (χ3v) is 4.38. The largest absolute Gasteiger partial charge is 0.342 e. The number of unbranched alkanes of at least 4 members (excludes halogenated alkanes) is 1. The predicted octanol–water partition coefficient (Wildman–Crippen LogP) is -0.179. The molecular formula is C14H28N4O. The van der Waals surface area contributed by atoms with Crippen molar-refractivity contribution < 1.29 is 4.79 Å². The minimum atomic E-state index is 0.301. The molecule has 0 aliphatic carbocycles. The monoisotopic (exact) mass is 268 g/mol. The van der Waals surface area contributed by atoms with Crippen molar-refractivity contribution in [2.24, 2.45) is 11.7 Å². The Kier molecular flexibility index (Phi) is 5.60. The van der Waals surface area contributed by atoms with Gasteiger partial charge in [-0.2, -0.15) is 0 Å². The van der Waals surface area contributed by atoms with Crippen LogP contribution >= 0.6 is 0 Å². The molecule has 5 nitrogen and oxygen atoms in total. The number of piperazine rings is 1. The van der Waals surface area contributed by atoms with Crippen molar-refractivity contribution in [1.82, 2.24) is 14.7 Å². The maximum absolute atomic E-state index is 11.7. The van der Waals surface area contributed by atoms with Gasteiger partial charge in [-0.3, -0.25) is 4.79 Å². The van der Waals surface area contributed by atoms with Crippen LogP contribution < -0.4 is 5.73 Å². The zero-order valence-electron chi connectivity index (χ0n) is 12.2. The summed E-state index contributed by atoms with van der Waals surface area (Å²) in [7, 11) is 2.18. The van der Waals surface area contributed by atoms with Gasteiger partial charge in [0.15, 0.2) is 0 Å². The minimum absolute atomic E-state index is 0.301. The molecule has 110 valence electrons. The van der Waals surface area contributed by atoms with E-state index in [0.29, 0.717) is 24.8 Å². The van der Waals surface area contributed by atoms with Crippen LogP contribution in [0.3, 0.4) is 0 Å². The van der Waals surface area contributed by atoms with E-state index in [4.69, 9.17) is 5.73 Å². The Hall–Kier alpha value is -0.650. The van der Waals surface area contributed by atoms with Gasteiger partial charge in [0, 0.05) is 45.7 Å². The van der Waals surface area contributed by atoms with E-state index in [-0.39, 0.29) is 0 Å². The van der Waals surface area contributed by atoms with Crippen molar-refractivity contribution in [3.05, 3.63) is 0 Å². The summed E-state index contributed by atoms with van der Waals surface area (Å²) >= 11 is 0. The van der Waals surface area contributed by atoms with E-state index >= 15 is 0 Å². The fourth-order valence-corrected chi connectivity index (χ4v) is 2.94. The molecule has 2 saturated heterocycles. The lowest BCUT2D eigenvalue weighted by molar-refractivity contribution is -0.127. The molecule has 0 aromatic carbocycles. The molecular weight excluding hydrogens is 240 g/mol. The van der Waals surface area contributed by atoms with Crippen LogP contribution in [0.2, 0.25) is 0 Å². The van der Waals surface area contributed by atoms with Crippen LogP contribution in [0.1, 0.15) is 19.3 Å². The molecule has 1 unspecified atom stereocenters. The Balaban J connectivity index is 1.56. The van der Waals surface area contributed by atoms with Crippen LogP contribution in [-0.4, -0.2) is 80.0 Å². The second-order valence-electron chi connectivity index (χ2n) is 6.00. The van der Waals surface area contributed by atoms with Crippen molar-refractivity contribution in [1.29, 1.82) is 0 Å². The number of carbonyl (C=O) groups is 1. The zero-order chi connectivity index (χ0) is 13.7. The molecule has 19 heavy (non-hydrogen) atoms.